The molecule has 4 nitrogen and oxygen atoms in total. The van der Waals surface area contributed by atoms with Crippen LogP contribution in [-0.4, -0.2) is 29.6 Å². The fourth-order valence-corrected chi connectivity index (χ4v) is 2.93. The van der Waals surface area contributed by atoms with E-state index < -0.39 is 18.0 Å². The Morgan fingerprint density at radius 2 is 2.24 bits per heavy atom. The Labute approximate surface area is 101 Å². The van der Waals surface area contributed by atoms with Crippen molar-refractivity contribution in [2.24, 2.45) is 17.3 Å². The first-order valence-corrected chi connectivity index (χ1v) is 5.97. The van der Waals surface area contributed by atoms with Crippen molar-refractivity contribution in [3.8, 4) is 0 Å². The molecule has 2 aliphatic carbocycles. The molecule has 94 valence electrons. The number of hydrogen-bond donors (Lipinski definition) is 1. The van der Waals surface area contributed by atoms with E-state index in [0.717, 1.165) is 5.57 Å². The number of carbonyl (C=O) groups is 2. The molecule has 0 amide bonds. The minimum Gasteiger partial charge on any atom is -0.465 e. The largest absolute Gasteiger partial charge is 0.465 e. The Morgan fingerprint density at radius 3 is 2.82 bits per heavy atom. The maximum absolute atomic E-state index is 11.8. The first-order chi connectivity index (χ1) is 7.88. The fourth-order valence-electron chi connectivity index (χ4n) is 2.93. The van der Waals surface area contributed by atoms with E-state index in [4.69, 9.17) is 4.74 Å². The van der Waals surface area contributed by atoms with E-state index in [9.17, 15) is 14.7 Å². The van der Waals surface area contributed by atoms with Gasteiger partial charge in [-0.25, -0.2) is 0 Å². The van der Waals surface area contributed by atoms with Crippen molar-refractivity contribution in [2.75, 3.05) is 6.61 Å². The van der Waals surface area contributed by atoms with Crippen LogP contribution in [0.25, 0.3) is 0 Å². The van der Waals surface area contributed by atoms with Crippen LogP contribution in [0.4, 0.5) is 0 Å². The predicted octanol–water partition coefficient (Wildman–Crippen LogP) is 1.08. The monoisotopic (exact) mass is 238 g/mol. The number of allylic oxidation sites excluding steroid dienone is 1. The van der Waals surface area contributed by atoms with E-state index in [1.54, 1.807) is 6.92 Å². The minimum absolute atomic E-state index is 0.224. The van der Waals surface area contributed by atoms with Crippen LogP contribution >= 0.6 is 0 Å². The Hall–Kier alpha value is -1.16. The van der Waals surface area contributed by atoms with Gasteiger partial charge in [0.15, 0.2) is 5.78 Å². The van der Waals surface area contributed by atoms with Crippen LogP contribution in [0.2, 0.25) is 0 Å². The highest BCUT2D eigenvalue weighted by molar-refractivity contribution is 6.08. The standard InChI is InChI=1S/C13H18O4/c1-4-17-12(16)10-8(14)5-7-6-13(2,3)11(15)9(7)10/h5,9-11,15H,4,6H2,1-3H3/t9-,10-,11+/m0/s1. The zero-order chi connectivity index (χ0) is 12.8. The summed E-state index contributed by atoms with van der Waals surface area (Å²) in [5.74, 6) is -1.94. The molecule has 17 heavy (non-hydrogen) atoms. The van der Waals surface area contributed by atoms with Gasteiger partial charge in [-0.1, -0.05) is 19.4 Å². The van der Waals surface area contributed by atoms with Crippen molar-refractivity contribution in [1.29, 1.82) is 0 Å². The number of fused-ring (bicyclic) bond motifs is 1. The second-order valence-electron chi connectivity index (χ2n) is 5.49. The highest BCUT2D eigenvalue weighted by Gasteiger charge is 2.54. The van der Waals surface area contributed by atoms with E-state index in [2.05, 4.69) is 0 Å². The summed E-state index contributed by atoms with van der Waals surface area (Å²) in [5, 5.41) is 10.2. The second-order valence-corrected chi connectivity index (χ2v) is 5.49. The Morgan fingerprint density at radius 1 is 1.59 bits per heavy atom. The van der Waals surface area contributed by atoms with Gasteiger partial charge in [-0.3, -0.25) is 9.59 Å². The summed E-state index contributed by atoms with van der Waals surface area (Å²) in [6.45, 7) is 5.86. The molecule has 1 N–H and O–H groups in total. The highest BCUT2D eigenvalue weighted by atomic mass is 16.5. The van der Waals surface area contributed by atoms with Crippen molar-refractivity contribution in [2.45, 2.75) is 33.3 Å². The number of aliphatic hydroxyl groups is 1. The van der Waals surface area contributed by atoms with Crippen molar-refractivity contribution in [3.63, 3.8) is 0 Å². The minimum atomic E-state index is -0.832. The Balaban J connectivity index is 2.28. The van der Waals surface area contributed by atoms with Crippen LogP contribution in [0.5, 0.6) is 0 Å². The van der Waals surface area contributed by atoms with Gasteiger partial charge in [0.25, 0.3) is 0 Å². The third kappa shape index (κ3) is 1.80. The first-order valence-electron chi connectivity index (χ1n) is 5.97. The number of carbonyl (C=O) groups excluding carboxylic acids is 2. The van der Waals surface area contributed by atoms with E-state index in [0.29, 0.717) is 6.42 Å². The first kappa shape index (κ1) is 12.3. The summed E-state index contributed by atoms with van der Waals surface area (Å²) >= 11 is 0. The lowest BCUT2D eigenvalue weighted by molar-refractivity contribution is -0.153. The lowest BCUT2D eigenvalue weighted by Crippen LogP contribution is -2.37. The molecule has 0 saturated heterocycles. The summed E-state index contributed by atoms with van der Waals surface area (Å²) < 4.78 is 4.92. The number of rotatable bonds is 2. The van der Waals surface area contributed by atoms with E-state index in [1.807, 2.05) is 13.8 Å². The van der Waals surface area contributed by atoms with Crippen LogP contribution in [0.15, 0.2) is 11.6 Å². The summed E-state index contributed by atoms with van der Waals surface area (Å²) in [5.41, 5.74) is 0.618. The maximum Gasteiger partial charge on any atom is 0.317 e. The van der Waals surface area contributed by atoms with Gasteiger partial charge in [0.2, 0.25) is 0 Å². The van der Waals surface area contributed by atoms with Crippen LogP contribution in [0, 0.1) is 17.3 Å². The molecule has 0 aromatic rings. The van der Waals surface area contributed by atoms with Crippen molar-refractivity contribution >= 4 is 11.8 Å². The summed E-state index contributed by atoms with van der Waals surface area (Å²) in [7, 11) is 0. The van der Waals surface area contributed by atoms with Gasteiger partial charge in [-0.2, -0.15) is 0 Å². The number of ketones is 1. The molecular weight excluding hydrogens is 220 g/mol. The summed E-state index contributed by atoms with van der Waals surface area (Å²) in [6, 6.07) is 0. The third-order valence-corrected chi connectivity index (χ3v) is 3.76. The molecule has 3 atom stereocenters. The zero-order valence-corrected chi connectivity index (χ0v) is 10.4. The molecule has 0 bridgehead atoms. The zero-order valence-electron chi connectivity index (χ0n) is 10.4. The van der Waals surface area contributed by atoms with Crippen LogP contribution in [0.1, 0.15) is 27.2 Å². The molecule has 4 heteroatoms. The molecule has 0 spiro atoms. The van der Waals surface area contributed by atoms with Gasteiger partial charge < -0.3 is 9.84 Å². The highest BCUT2D eigenvalue weighted by Crippen LogP contribution is 2.51. The van der Waals surface area contributed by atoms with E-state index >= 15 is 0 Å². The lowest BCUT2D eigenvalue weighted by atomic mass is 9.82. The van der Waals surface area contributed by atoms with Gasteiger partial charge in [0.1, 0.15) is 5.92 Å². The molecule has 0 heterocycles. The van der Waals surface area contributed by atoms with E-state index in [-0.39, 0.29) is 23.7 Å². The fraction of sp³-hybridized carbons (Fsp3) is 0.692. The van der Waals surface area contributed by atoms with Gasteiger partial charge in [-0.05, 0) is 24.8 Å². The quantitative estimate of drug-likeness (QED) is 0.577. The normalized spacial score (nSPS) is 34.5. The van der Waals surface area contributed by atoms with Crippen molar-refractivity contribution < 1.29 is 19.4 Å². The molecule has 0 aromatic heterocycles. The second kappa shape index (κ2) is 3.95. The SMILES string of the molecule is CCOC(=O)[C@H]1C(=O)C=C2CC(C)(C)[C@H](O)[C@@H]21. The van der Waals surface area contributed by atoms with E-state index in [1.165, 1.54) is 6.08 Å². The number of esters is 1. The topological polar surface area (TPSA) is 63.6 Å². The Kier molecular flexibility index (Phi) is 2.86. The summed E-state index contributed by atoms with van der Waals surface area (Å²) in [6.07, 6.45) is 1.53. The smallest absolute Gasteiger partial charge is 0.317 e. The maximum atomic E-state index is 11.8. The lowest BCUT2D eigenvalue weighted by Gasteiger charge is -2.27. The Bertz CT molecular complexity index is 394. The van der Waals surface area contributed by atoms with Gasteiger partial charge in [-0.15, -0.1) is 0 Å². The van der Waals surface area contributed by atoms with Crippen LogP contribution in [-0.2, 0) is 14.3 Å². The van der Waals surface area contributed by atoms with Crippen molar-refractivity contribution in [3.05, 3.63) is 11.6 Å². The molecule has 0 aliphatic heterocycles. The van der Waals surface area contributed by atoms with Gasteiger partial charge in [0.05, 0.1) is 12.7 Å². The predicted molar refractivity (Wildman–Crippen MR) is 61.1 cm³/mol. The van der Waals surface area contributed by atoms with Crippen LogP contribution < -0.4 is 0 Å². The van der Waals surface area contributed by atoms with Crippen LogP contribution in [0.3, 0.4) is 0 Å². The van der Waals surface area contributed by atoms with Gasteiger partial charge >= 0.3 is 5.97 Å². The molecular formula is C13H18O4. The average Bonchev–Trinajstić information content (AvgIpc) is 2.62. The molecule has 1 saturated carbocycles. The molecule has 2 aliphatic rings. The van der Waals surface area contributed by atoms with Crippen molar-refractivity contribution in [1.82, 2.24) is 0 Å². The number of hydrogen-bond acceptors (Lipinski definition) is 4. The average molecular weight is 238 g/mol. The molecule has 0 radical (unpaired) electrons. The van der Waals surface area contributed by atoms with Gasteiger partial charge in [0, 0.05) is 5.92 Å². The molecule has 0 unspecified atom stereocenters. The number of ether oxygens (including phenoxy) is 1. The molecule has 0 aromatic carbocycles. The number of aliphatic hydroxyl groups excluding tert-OH is 1. The molecule has 2 rings (SSSR count). The summed E-state index contributed by atoms with van der Waals surface area (Å²) in [4.78, 5) is 23.5. The third-order valence-electron chi connectivity index (χ3n) is 3.76. The molecule has 1 fully saturated rings.